The minimum absolute atomic E-state index is 0.0515. The van der Waals surface area contributed by atoms with Crippen molar-refractivity contribution < 1.29 is 30.7 Å². The molecule has 0 aliphatic carbocycles. The minimum Gasteiger partial charge on any atom is -0.293 e. The molecule has 9 heteroatoms. The Hall–Kier alpha value is -1.81. The molecule has 0 spiro atoms. The first-order valence-electron chi connectivity index (χ1n) is 6.03. The number of Topliss-reactive ketones (excluding diaryl/α,β-unsaturated/α-hetero) is 1. The van der Waals surface area contributed by atoms with Gasteiger partial charge in [-0.15, -0.1) is 0 Å². The van der Waals surface area contributed by atoms with Gasteiger partial charge in [0.05, 0.1) is 0 Å². The van der Waals surface area contributed by atoms with Gasteiger partial charge in [-0.25, -0.2) is 0 Å². The van der Waals surface area contributed by atoms with Crippen LogP contribution in [0.4, 0.5) is 0 Å². The van der Waals surface area contributed by atoms with E-state index >= 15 is 0 Å². The number of carbonyl (C=O) groups excluding carboxylic acids is 1. The van der Waals surface area contributed by atoms with Gasteiger partial charge in [0.25, 0.3) is 20.2 Å². The Bertz CT molecular complexity index is 925. The summed E-state index contributed by atoms with van der Waals surface area (Å²) >= 11 is 0. The molecule has 0 aliphatic heterocycles. The van der Waals surface area contributed by atoms with Crippen LogP contribution >= 0.6 is 0 Å². The van der Waals surface area contributed by atoms with Gasteiger partial charge in [0.2, 0.25) is 0 Å². The SMILES string of the molecule is O=C(c1cccc2ccccc12)C(CS(=O)(=O)O)S(=O)(=O)O. The number of hydrogen-bond donors (Lipinski definition) is 2. The lowest BCUT2D eigenvalue weighted by Crippen LogP contribution is -2.36. The Morgan fingerprint density at radius 2 is 1.55 bits per heavy atom. The standard InChI is InChI=1S/C13H12O7S2/c14-13(12(22(18,19)20)8-21(15,16)17)11-7-3-5-9-4-1-2-6-10(9)11/h1-7,12H,8H2,(H,15,16,17)(H,18,19,20). The van der Waals surface area contributed by atoms with E-state index in [1.807, 2.05) is 0 Å². The van der Waals surface area contributed by atoms with Crippen molar-refractivity contribution in [1.82, 2.24) is 0 Å². The smallest absolute Gasteiger partial charge is 0.276 e. The number of ketones is 1. The van der Waals surface area contributed by atoms with E-state index in [9.17, 15) is 21.6 Å². The van der Waals surface area contributed by atoms with Gasteiger partial charge in [-0.2, -0.15) is 16.8 Å². The summed E-state index contributed by atoms with van der Waals surface area (Å²) in [7, 11) is -9.78. The lowest BCUT2D eigenvalue weighted by molar-refractivity contribution is 0.0990. The molecule has 0 radical (unpaired) electrons. The molecule has 22 heavy (non-hydrogen) atoms. The minimum atomic E-state index is -5.00. The van der Waals surface area contributed by atoms with Crippen LogP contribution in [0.3, 0.4) is 0 Å². The van der Waals surface area contributed by atoms with E-state index in [1.54, 1.807) is 30.3 Å². The van der Waals surface area contributed by atoms with Crippen LogP contribution in [-0.2, 0) is 20.2 Å². The van der Waals surface area contributed by atoms with Crippen molar-refractivity contribution in [2.24, 2.45) is 0 Å². The molecule has 2 aromatic carbocycles. The number of rotatable bonds is 5. The third kappa shape index (κ3) is 3.69. The zero-order valence-electron chi connectivity index (χ0n) is 11.1. The van der Waals surface area contributed by atoms with Gasteiger partial charge < -0.3 is 0 Å². The highest BCUT2D eigenvalue weighted by Gasteiger charge is 2.36. The van der Waals surface area contributed by atoms with Gasteiger partial charge in [0.15, 0.2) is 11.0 Å². The molecule has 0 amide bonds. The molecule has 0 saturated carbocycles. The average molecular weight is 344 g/mol. The van der Waals surface area contributed by atoms with Crippen molar-refractivity contribution in [3.8, 4) is 0 Å². The normalized spacial score (nSPS) is 13.9. The monoisotopic (exact) mass is 344 g/mol. The predicted molar refractivity (Wildman–Crippen MR) is 80.0 cm³/mol. The zero-order valence-corrected chi connectivity index (χ0v) is 12.7. The van der Waals surface area contributed by atoms with Gasteiger partial charge in [-0.1, -0.05) is 42.5 Å². The molecular formula is C13H12O7S2. The van der Waals surface area contributed by atoms with Gasteiger partial charge in [0, 0.05) is 5.56 Å². The summed E-state index contributed by atoms with van der Waals surface area (Å²) in [6, 6.07) is 11.1. The molecule has 7 nitrogen and oxygen atoms in total. The summed E-state index contributed by atoms with van der Waals surface area (Å²) in [5.74, 6) is -2.51. The van der Waals surface area contributed by atoms with Crippen molar-refractivity contribution in [1.29, 1.82) is 0 Å². The predicted octanol–water partition coefficient (Wildman–Crippen LogP) is 1.17. The second-order valence-electron chi connectivity index (χ2n) is 4.64. The summed E-state index contributed by atoms with van der Waals surface area (Å²) in [4.78, 5) is 12.4. The van der Waals surface area contributed by atoms with Gasteiger partial charge in [-0.3, -0.25) is 13.9 Å². The van der Waals surface area contributed by atoms with Crippen LogP contribution in [0.15, 0.2) is 42.5 Å². The third-order valence-electron chi connectivity index (χ3n) is 3.07. The Labute approximate surface area is 127 Å². The van der Waals surface area contributed by atoms with Crippen LogP contribution in [-0.4, -0.2) is 42.7 Å². The first-order valence-corrected chi connectivity index (χ1v) is 9.14. The molecule has 118 valence electrons. The molecule has 1 atom stereocenters. The van der Waals surface area contributed by atoms with Gasteiger partial charge in [0.1, 0.15) is 5.75 Å². The van der Waals surface area contributed by atoms with Crippen molar-refractivity contribution in [2.75, 3.05) is 5.75 Å². The van der Waals surface area contributed by atoms with E-state index in [1.165, 1.54) is 12.1 Å². The van der Waals surface area contributed by atoms with E-state index < -0.39 is 37.0 Å². The topological polar surface area (TPSA) is 126 Å². The Morgan fingerprint density at radius 3 is 2.14 bits per heavy atom. The Balaban J connectivity index is 2.60. The molecule has 0 fully saturated rings. The second kappa shape index (κ2) is 5.76. The third-order valence-corrected chi connectivity index (χ3v) is 5.13. The number of hydrogen-bond acceptors (Lipinski definition) is 5. The van der Waals surface area contributed by atoms with E-state index in [0.717, 1.165) is 0 Å². The summed E-state index contributed by atoms with van der Waals surface area (Å²) in [6.45, 7) is 0. The summed E-state index contributed by atoms with van der Waals surface area (Å²) in [5, 5.41) is -1.22. The van der Waals surface area contributed by atoms with Crippen LogP contribution in [0.5, 0.6) is 0 Å². The fourth-order valence-electron chi connectivity index (χ4n) is 2.10. The van der Waals surface area contributed by atoms with Crippen LogP contribution in [0.1, 0.15) is 10.4 Å². The maximum absolute atomic E-state index is 12.4. The fraction of sp³-hybridized carbons (Fsp3) is 0.154. The first-order chi connectivity index (χ1) is 10.1. The van der Waals surface area contributed by atoms with E-state index in [2.05, 4.69) is 0 Å². The summed E-state index contributed by atoms with van der Waals surface area (Å²) in [5.41, 5.74) is -0.0515. The number of benzene rings is 2. The summed E-state index contributed by atoms with van der Waals surface area (Å²) < 4.78 is 62.4. The molecule has 0 aliphatic rings. The van der Waals surface area contributed by atoms with Crippen LogP contribution in [0, 0.1) is 0 Å². The highest BCUT2D eigenvalue weighted by molar-refractivity contribution is 7.90. The first kappa shape index (κ1) is 16.6. The van der Waals surface area contributed by atoms with Crippen LogP contribution in [0.25, 0.3) is 10.8 Å². The highest BCUT2D eigenvalue weighted by atomic mass is 32.2. The lowest BCUT2D eigenvalue weighted by Gasteiger charge is -2.13. The molecule has 2 aromatic rings. The molecule has 0 saturated heterocycles. The van der Waals surface area contributed by atoms with Crippen molar-refractivity contribution in [2.45, 2.75) is 5.25 Å². The van der Waals surface area contributed by atoms with E-state index in [0.29, 0.717) is 10.8 Å². The molecular weight excluding hydrogens is 332 g/mol. The molecule has 0 aromatic heterocycles. The van der Waals surface area contributed by atoms with Crippen molar-refractivity contribution in [3.63, 3.8) is 0 Å². The maximum Gasteiger partial charge on any atom is 0.276 e. The largest absolute Gasteiger partial charge is 0.293 e. The van der Waals surface area contributed by atoms with E-state index in [-0.39, 0.29) is 5.56 Å². The lowest BCUT2D eigenvalue weighted by atomic mass is 10.0. The maximum atomic E-state index is 12.4. The molecule has 1 unspecified atom stereocenters. The number of carbonyl (C=O) groups is 1. The molecule has 2 rings (SSSR count). The summed E-state index contributed by atoms with van der Waals surface area (Å²) in [6.07, 6.45) is 0. The van der Waals surface area contributed by atoms with Crippen molar-refractivity contribution >= 4 is 36.8 Å². The van der Waals surface area contributed by atoms with Crippen LogP contribution < -0.4 is 0 Å². The molecule has 2 N–H and O–H groups in total. The van der Waals surface area contributed by atoms with E-state index in [4.69, 9.17) is 9.11 Å². The average Bonchev–Trinajstić information content (AvgIpc) is 2.41. The molecule has 0 heterocycles. The quantitative estimate of drug-likeness (QED) is 0.616. The number of fused-ring (bicyclic) bond motifs is 1. The zero-order chi connectivity index (χ0) is 16.5. The Kier molecular flexibility index (Phi) is 4.34. The van der Waals surface area contributed by atoms with Crippen LogP contribution in [0.2, 0.25) is 0 Å². The Morgan fingerprint density at radius 1 is 0.955 bits per heavy atom. The van der Waals surface area contributed by atoms with Crippen molar-refractivity contribution in [3.05, 3.63) is 48.0 Å². The highest BCUT2D eigenvalue weighted by Crippen LogP contribution is 2.22. The fourth-order valence-corrected chi connectivity index (χ4v) is 4.24. The molecule has 0 bridgehead atoms. The van der Waals surface area contributed by atoms with Gasteiger partial charge in [-0.05, 0) is 10.8 Å². The van der Waals surface area contributed by atoms with Gasteiger partial charge >= 0.3 is 0 Å². The second-order valence-corrected chi connectivity index (χ2v) is 7.74.